The molecule has 1 unspecified atom stereocenters. The topological polar surface area (TPSA) is 37.4 Å². The predicted octanol–water partition coefficient (Wildman–Crippen LogP) is 4.96. The third-order valence-electron chi connectivity index (χ3n) is 5.49. The Balaban J connectivity index is 1.55. The monoisotopic (exact) mass is 391 g/mol. The lowest BCUT2D eigenvalue weighted by atomic mass is 9.96. The normalized spacial score (nSPS) is 19.5. The molecule has 0 amide bonds. The zero-order chi connectivity index (χ0) is 18.6. The molecule has 1 aromatic carbocycles. The van der Waals surface area contributed by atoms with E-state index in [1.54, 1.807) is 24.3 Å². The average molecular weight is 392 g/mol. The van der Waals surface area contributed by atoms with E-state index in [1.807, 2.05) is 31.3 Å². The summed E-state index contributed by atoms with van der Waals surface area (Å²) in [6.07, 6.45) is 4.10. The van der Waals surface area contributed by atoms with Crippen LogP contribution in [0.15, 0.2) is 52.7 Å². The van der Waals surface area contributed by atoms with Crippen molar-refractivity contribution in [2.75, 3.05) is 19.6 Å². The van der Waals surface area contributed by atoms with Gasteiger partial charge in [-0.15, -0.1) is 11.3 Å². The fourth-order valence-electron chi connectivity index (χ4n) is 3.80. The molecule has 0 saturated carbocycles. The smallest absolute Gasteiger partial charge is 0.183 e. The van der Waals surface area contributed by atoms with Gasteiger partial charge in [0.15, 0.2) is 9.84 Å². The Morgan fingerprint density at radius 3 is 2.62 bits per heavy atom. The van der Waals surface area contributed by atoms with Gasteiger partial charge in [-0.25, -0.2) is 8.42 Å². The molecule has 1 saturated heterocycles. The first-order valence-corrected chi connectivity index (χ1v) is 11.8. The van der Waals surface area contributed by atoms with Crippen molar-refractivity contribution in [2.45, 2.75) is 55.1 Å². The standard InChI is InChI=1S/C21H29NO2S2/c1-21(2,26(23,24)19-10-4-3-5-11-19)13-8-15-22-14-6-9-18(17-22)20-12-7-16-25-20/h3-5,7,10-12,16,18H,6,8-9,13-15,17H2,1-2H3. The fourth-order valence-corrected chi connectivity index (χ4v) is 6.22. The first kappa shape index (κ1) is 19.6. The van der Waals surface area contributed by atoms with Crippen LogP contribution in [-0.4, -0.2) is 37.7 Å². The number of nitrogens with zero attached hydrogens (tertiary/aromatic N) is 1. The first-order valence-electron chi connectivity index (χ1n) is 9.45. The van der Waals surface area contributed by atoms with Crippen molar-refractivity contribution < 1.29 is 8.42 Å². The van der Waals surface area contributed by atoms with E-state index < -0.39 is 14.6 Å². The summed E-state index contributed by atoms with van der Waals surface area (Å²) in [6.45, 7) is 6.94. The number of rotatable bonds is 7. The molecule has 2 heterocycles. The van der Waals surface area contributed by atoms with Crippen LogP contribution in [0.3, 0.4) is 0 Å². The summed E-state index contributed by atoms with van der Waals surface area (Å²) in [6, 6.07) is 13.2. The van der Waals surface area contributed by atoms with Gasteiger partial charge in [-0.2, -0.15) is 0 Å². The molecule has 0 N–H and O–H groups in total. The van der Waals surface area contributed by atoms with Gasteiger partial charge in [-0.05, 0) is 76.2 Å². The summed E-state index contributed by atoms with van der Waals surface area (Å²) in [4.78, 5) is 4.43. The molecule has 0 spiro atoms. The molecule has 1 aliphatic heterocycles. The molecule has 5 heteroatoms. The fraction of sp³-hybridized carbons (Fsp3) is 0.524. The lowest BCUT2D eigenvalue weighted by Gasteiger charge is -2.33. The molecule has 1 aliphatic rings. The number of piperidine rings is 1. The second-order valence-electron chi connectivity index (χ2n) is 7.83. The lowest BCUT2D eigenvalue weighted by Crippen LogP contribution is -2.37. The van der Waals surface area contributed by atoms with Crippen molar-refractivity contribution in [3.8, 4) is 0 Å². The quantitative estimate of drug-likeness (QED) is 0.669. The minimum atomic E-state index is -3.30. The summed E-state index contributed by atoms with van der Waals surface area (Å²) in [7, 11) is -3.30. The highest BCUT2D eigenvalue weighted by atomic mass is 32.2. The maximum absolute atomic E-state index is 12.9. The Labute approximate surface area is 162 Å². The van der Waals surface area contributed by atoms with Crippen molar-refractivity contribution in [1.82, 2.24) is 4.90 Å². The molecule has 1 aromatic heterocycles. The summed E-state index contributed by atoms with van der Waals surface area (Å²) in [5, 5.41) is 2.16. The molecular weight excluding hydrogens is 362 g/mol. The number of thiophene rings is 1. The van der Waals surface area contributed by atoms with Crippen LogP contribution in [0, 0.1) is 0 Å². The maximum atomic E-state index is 12.9. The van der Waals surface area contributed by atoms with Gasteiger partial charge < -0.3 is 4.90 Å². The SMILES string of the molecule is CC(C)(CCCN1CCCC(c2cccs2)C1)S(=O)(=O)c1ccccc1. The van der Waals surface area contributed by atoms with E-state index in [0.717, 1.165) is 26.1 Å². The van der Waals surface area contributed by atoms with Crippen molar-refractivity contribution in [1.29, 1.82) is 0 Å². The van der Waals surface area contributed by atoms with Crippen molar-refractivity contribution in [3.05, 3.63) is 52.7 Å². The summed E-state index contributed by atoms with van der Waals surface area (Å²) in [5.41, 5.74) is 0. The minimum Gasteiger partial charge on any atom is -0.303 e. The van der Waals surface area contributed by atoms with Crippen LogP contribution in [0.2, 0.25) is 0 Å². The number of benzene rings is 1. The second-order valence-corrected chi connectivity index (χ2v) is 11.4. The van der Waals surface area contributed by atoms with Crippen LogP contribution in [0.1, 0.15) is 50.3 Å². The molecule has 3 nitrogen and oxygen atoms in total. The summed E-state index contributed by atoms with van der Waals surface area (Å²) in [5.74, 6) is 0.643. The Bertz CT molecular complexity index is 783. The minimum absolute atomic E-state index is 0.431. The van der Waals surface area contributed by atoms with E-state index in [1.165, 1.54) is 17.7 Å². The van der Waals surface area contributed by atoms with Gasteiger partial charge in [0.2, 0.25) is 0 Å². The van der Waals surface area contributed by atoms with Crippen molar-refractivity contribution >= 4 is 21.2 Å². The lowest BCUT2D eigenvalue weighted by molar-refractivity contribution is 0.204. The van der Waals surface area contributed by atoms with Crippen molar-refractivity contribution in [3.63, 3.8) is 0 Å². The molecule has 3 rings (SSSR count). The zero-order valence-corrected chi connectivity index (χ0v) is 17.4. The highest BCUT2D eigenvalue weighted by molar-refractivity contribution is 7.92. The molecule has 26 heavy (non-hydrogen) atoms. The van der Waals surface area contributed by atoms with Gasteiger partial charge in [-0.1, -0.05) is 24.3 Å². The molecular formula is C21H29NO2S2. The first-order chi connectivity index (χ1) is 12.4. The van der Waals surface area contributed by atoms with E-state index >= 15 is 0 Å². The molecule has 1 fully saturated rings. The largest absolute Gasteiger partial charge is 0.303 e. The number of hydrogen-bond acceptors (Lipinski definition) is 4. The third kappa shape index (κ3) is 4.38. The molecule has 2 aromatic rings. The van der Waals surface area contributed by atoms with E-state index in [-0.39, 0.29) is 0 Å². The highest BCUT2D eigenvalue weighted by Crippen LogP contribution is 2.32. The Morgan fingerprint density at radius 2 is 1.92 bits per heavy atom. The van der Waals surface area contributed by atoms with Gasteiger partial charge in [0, 0.05) is 17.3 Å². The zero-order valence-electron chi connectivity index (χ0n) is 15.7. The van der Waals surface area contributed by atoms with Crippen LogP contribution in [0.25, 0.3) is 0 Å². The average Bonchev–Trinajstić information content (AvgIpc) is 3.17. The van der Waals surface area contributed by atoms with Crippen LogP contribution in [0.4, 0.5) is 0 Å². The van der Waals surface area contributed by atoms with E-state index in [2.05, 4.69) is 22.4 Å². The van der Waals surface area contributed by atoms with Gasteiger partial charge >= 0.3 is 0 Å². The number of likely N-dealkylation sites (tertiary alicyclic amines) is 1. The molecule has 0 bridgehead atoms. The third-order valence-corrected chi connectivity index (χ3v) is 9.07. The van der Waals surface area contributed by atoms with Crippen LogP contribution in [0.5, 0.6) is 0 Å². The van der Waals surface area contributed by atoms with Crippen LogP contribution >= 0.6 is 11.3 Å². The van der Waals surface area contributed by atoms with Gasteiger partial charge in [0.25, 0.3) is 0 Å². The molecule has 142 valence electrons. The molecule has 0 radical (unpaired) electrons. The number of sulfone groups is 1. The van der Waals surface area contributed by atoms with E-state index in [4.69, 9.17) is 0 Å². The summed E-state index contributed by atoms with van der Waals surface area (Å²) >= 11 is 1.85. The highest BCUT2D eigenvalue weighted by Gasteiger charge is 2.35. The Kier molecular flexibility index (Phi) is 6.21. The Hall–Kier alpha value is -1.17. The molecule has 0 aliphatic carbocycles. The van der Waals surface area contributed by atoms with Crippen molar-refractivity contribution in [2.24, 2.45) is 0 Å². The van der Waals surface area contributed by atoms with Crippen LogP contribution < -0.4 is 0 Å². The van der Waals surface area contributed by atoms with E-state index in [9.17, 15) is 8.42 Å². The van der Waals surface area contributed by atoms with Gasteiger partial charge in [0.05, 0.1) is 9.64 Å². The molecule has 1 atom stereocenters. The second kappa shape index (κ2) is 8.24. The van der Waals surface area contributed by atoms with Gasteiger partial charge in [0.1, 0.15) is 0 Å². The summed E-state index contributed by atoms with van der Waals surface area (Å²) < 4.78 is 25.1. The Morgan fingerprint density at radius 1 is 1.15 bits per heavy atom. The predicted molar refractivity (Wildman–Crippen MR) is 110 cm³/mol. The number of hydrogen-bond donors (Lipinski definition) is 0. The van der Waals surface area contributed by atoms with E-state index in [0.29, 0.717) is 17.2 Å². The van der Waals surface area contributed by atoms with Gasteiger partial charge in [-0.3, -0.25) is 0 Å². The maximum Gasteiger partial charge on any atom is 0.183 e. The van der Waals surface area contributed by atoms with Crippen LogP contribution in [-0.2, 0) is 9.84 Å².